The van der Waals surface area contributed by atoms with Crippen molar-refractivity contribution in [1.82, 2.24) is 14.5 Å². The van der Waals surface area contributed by atoms with E-state index in [4.69, 9.17) is 5.11 Å². The van der Waals surface area contributed by atoms with Crippen LogP contribution in [0.3, 0.4) is 0 Å². The minimum atomic E-state index is -0.970. The number of aliphatic carboxylic acids is 1. The van der Waals surface area contributed by atoms with Gasteiger partial charge in [0.2, 0.25) is 0 Å². The normalized spacial score (nSPS) is 10.9. The highest BCUT2D eigenvalue weighted by molar-refractivity contribution is 5.85. The summed E-state index contributed by atoms with van der Waals surface area (Å²) in [5.74, 6) is 0.745. The lowest BCUT2D eigenvalue weighted by molar-refractivity contribution is -0.131. The Labute approximate surface area is 104 Å². The van der Waals surface area contributed by atoms with E-state index in [0.29, 0.717) is 0 Å². The third-order valence-corrected chi connectivity index (χ3v) is 2.47. The first-order valence-electron chi connectivity index (χ1n) is 5.60. The van der Waals surface area contributed by atoms with Crippen molar-refractivity contribution in [2.45, 2.75) is 13.3 Å². The molecule has 0 aromatic carbocycles. The van der Waals surface area contributed by atoms with E-state index >= 15 is 0 Å². The molecule has 2 aromatic rings. The number of rotatable bonds is 4. The van der Waals surface area contributed by atoms with Crippen LogP contribution in [0, 0.1) is 0 Å². The molecule has 0 bridgehead atoms. The number of nitrogens with zero attached hydrogens (tertiary/aromatic N) is 3. The molecular weight excluding hydrogens is 230 g/mol. The van der Waals surface area contributed by atoms with E-state index in [2.05, 4.69) is 9.97 Å². The summed E-state index contributed by atoms with van der Waals surface area (Å²) in [5.41, 5.74) is 0.749. The van der Waals surface area contributed by atoms with Crippen molar-refractivity contribution in [1.29, 1.82) is 0 Å². The largest absolute Gasteiger partial charge is 0.478 e. The van der Waals surface area contributed by atoms with Crippen molar-refractivity contribution in [3.8, 4) is 5.82 Å². The predicted molar refractivity (Wildman–Crippen MR) is 67.4 cm³/mol. The maximum Gasteiger partial charge on any atom is 0.328 e. The number of carboxylic acids is 1. The quantitative estimate of drug-likeness (QED) is 0.833. The minimum absolute atomic E-state index is 0.749. The van der Waals surface area contributed by atoms with Crippen molar-refractivity contribution < 1.29 is 9.90 Å². The third-order valence-electron chi connectivity index (χ3n) is 2.47. The zero-order valence-corrected chi connectivity index (χ0v) is 9.95. The summed E-state index contributed by atoms with van der Waals surface area (Å²) in [6.07, 6.45) is 8.65. The molecule has 0 fully saturated rings. The van der Waals surface area contributed by atoms with Crippen LogP contribution >= 0.6 is 0 Å². The molecule has 0 amide bonds. The molecule has 0 aliphatic carbocycles. The number of hydrogen-bond acceptors (Lipinski definition) is 3. The fraction of sp³-hybridized carbons (Fsp3) is 0.154. The lowest BCUT2D eigenvalue weighted by Crippen LogP contribution is -2.01. The highest BCUT2D eigenvalue weighted by atomic mass is 16.4. The van der Waals surface area contributed by atoms with Gasteiger partial charge in [0.1, 0.15) is 11.6 Å². The van der Waals surface area contributed by atoms with Gasteiger partial charge in [-0.25, -0.2) is 14.8 Å². The Morgan fingerprint density at radius 3 is 2.89 bits per heavy atom. The fourth-order valence-electron chi connectivity index (χ4n) is 1.61. The summed E-state index contributed by atoms with van der Waals surface area (Å²) in [5, 5.41) is 8.53. The number of carboxylic acid groups (broad SMARTS) is 1. The Hall–Kier alpha value is -2.43. The second-order valence-electron chi connectivity index (χ2n) is 3.69. The van der Waals surface area contributed by atoms with E-state index in [1.807, 2.05) is 29.8 Å². The number of hydrogen-bond donors (Lipinski definition) is 1. The SMILES string of the molecule is CCc1nccn1-c1ccc(/C=C/C(=O)O)cn1. The van der Waals surface area contributed by atoms with Gasteiger partial charge in [-0.05, 0) is 23.8 Å². The van der Waals surface area contributed by atoms with E-state index in [1.165, 1.54) is 6.08 Å². The maximum absolute atomic E-state index is 10.4. The number of imidazole rings is 1. The van der Waals surface area contributed by atoms with Crippen LogP contribution in [0.15, 0.2) is 36.8 Å². The second-order valence-corrected chi connectivity index (χ2v) is 3.69. The van der Waals surface area contributed by atoms with E-state index in [1.54, 1.807) is 12.4 Å². The van der Waals surface area contributed by atoms with E-state index in [-0.39, 0.29) is 0 Å². The Morgan fingerprint density at radius 1 is 1.44 bits per heavy atom. The molecule has 2 aromatic heterocycles. The Kier molecular flexibility index (Phi) is 3.52. The lowest BCUT2D eigenvalue weighted by atomic mass is 10.2. The van der Waals surface area contributed by atoms with Crippen LogP contribution in [0.25, 0.3) is 11.9 Å². The highest BCUT2D eigenvalue weighted by Gasteiger charge is 2.03. The first-order chi connectivity index (χ1) is 8.70. The summed E-state index contributed by atoms with van der Waals surface area (Å²) in [6.45, 7) is 2.03. The molecule has 92 valence electrons. The molecule has 0 unspecified atom stereocenters. The van der Waals surface area contributed by atoms with Gasteiger partial charge in [-0.15, -0.1) is 0 Å². The van der Waals surface area contributed by atoms with E-state index in [9.17, 15) is 4.79 Å². The summed E-state index contributed by atoms with van der Waals surface area (Å²) in [6, 6.07) is 3.66. The van der Waals surface area contributed by atoms with Crippen LogP contribution in [-0.4, -0.2) is 25.6 Å². The molecule has 1 N–H and O–H groups in total. The molecule has 0 saturated heterocycles. The van der Waals surface area contributed by atoms with Gasteiger partial charge in [0.15, 0.2) is 0 Å². The Morgan fingerprint density at radius 2 is 2.28 bits per heavy atom. The topological polar surface area (TPSA) is 68.0 Å². The zero-order chi connectivity index (χ0) is 13.0. The summed E-state index contributed by atoms with van der Waals surface area (Å²) < 4.78 is 1.91. The molecule has 18 heavy (non-hydrogen) atoms. The maximum atomic E-state index is 10.4. The Bertz CT molecular complexity index is 570. The van der Waals surface area contributed by atoms with Gasteiger partial charge in [-0.3, -0.25) is 4.57 Å². The fourth-order valence-corrected chi connectivity index (χ4v) is 1.61. The molecule has 5 nitrogen and oxygen atoms in total. The Balaban J connectivity index is 2.25. The van der Waals surface area contributed by atoms with Gasteiger partial charge in [0, 0.05) is 31.1 Å². The van der Waals surface area contributed by atoms with Crippen LogP contribution in [0.4, 0.5) is 0 Å². The van der Waals surface area contributed by atoms with Gasteiger partial charge >= 0.3 is 5.97 Å². The highest BCUT2D eigenvalue weighted by Crippen LogP contribution is 2.10. The van der Waals surface area contributed by atoms with Gasteiger partial charge in [-0.2, -0.15) is 0 Å². The van der Waals surface area contributed by atoms with Crippen LogP contribution < -0.4 is 0 Å². The molecular formula is C13H13N3O2. The molecule has 0 atom stereocenters. The molecule has 5 heteroatoms. The van der Waals surface area contributed by atoms with Crippen molar-refractivity contribution in [3.63, 3.8) is 0 Å². The van der Waals surface area contributed by atoms with Gasteiger partial charge in [0.05, 0.1) is 0 Å². The standard InChI is InChI=1S/C13H13N3O2/c1-2-11-14-7-8-16(11)12-5-3-10(9-15-12)4-6-13(17)18/h3-9H,2H2,1H3,(H,17,18)/b6-4+. The predicted octanol–water partition coefficient (Wildman–Crippen LogP) is 1.93. The number of aromatic nitrogens is 3. The second kappa shape index (κ2) is 5.27. The van der Waals surface area contributed by atoms with Crippen molar-refractivity contribution in [2.24, 2.45) is 0 Å². The number of pyridine rings is 1. The average Bonchev–Trinajstić information content (AvgIpc) is 2.85. The molecule has 0 aliphatic heterocycles. The van der Waals surface area contributed by atoms with Crippen molar-refractivity contribution in [2.75, 3.05) is 0 Å². The van der Waals surface area contributed by atoms with Crippen LogP contribution in [0.5, 0.6) is 0 Å². The van der Waals surface area contributed by atoms with Gasteiger partial charge in [0.25, 0.3) is 0 Å². The third kappa shape index (κ3) is 2.63. The minimum Gasteiger partial charge on any atom is -0.478 e. The summed E-state index contributed by atoms with van der Waals surface area (Å²) >= 11 is 0. The lowest BCUT2D eigenvalue weighted by Gasteiger charge is -2.05. The van der Waals surface area contributed by atoms with Gasteiger partial charge in [-0.1, -0.05) is 6.92 Å². The van der Waals surface area contributed by atoms with E-state index < -0.39 is 5.97 Å². The first kappa shape index (κ1) is 12.0. The molecule has 2 rings (SSSR count). The average molecular weight is 243 g/mol. The van der Waals surface area contributed by atoms with Crippen molar-refractivity contribution >= 4 is 12.0 Å². The van der Waals surface area contributed by atoms with Crippen LogP contribution in [0.2, 0.25) is 0 Å². The van der Waals surface area contributed by atoms with E-state index in [0.717, 1.165) is 29.7 Å². The van der Waals surface area contributed by atoms with Crippen molar-refractivity contribution in [3.05, 3.63) is 48.2 Å². The first-order valence-corrected chi connectivity index (χ1v) is 5.60. The molecule has 2 heterocycles. The summed E-state index contributed by atoms with van der Waals surface area (Å²) in [4.78, 5) is 18.9. The molecule has 0 spiro atoms. The molecule has 0 saturated carbocycles. The monoisotopic (exact) mass is 243 g/mol. The van der Waals surface area contributed by atoms with Crippen LogP contribution in [0.1, 0.15) is 18.3 Å². The number of carbonyl (C=O) groups is 1. The molecule has 0 radical (unpaired) electrons. The number of aryl methyl sites for hydroxylation is 1. The molecule has 0 aliphatic rings. The zero-order valence-electron chi connectivity index (χ0n) is 9.95. The smallest absolute Gasteiger partial charge is 0.328 e. The van der Waals surface area contributed by atoms with Crippen LogP contribution in [-0.2, 0) is 11.2 Å². The van der Waals surface area contributed by atoms with Gasteiger partial charge < -0.3 is 5.11 Å². The summed E-state index contributed by atoms with van der Waals surface area (Å²) in [7, 11) is 0.